The maximum atomic E-state index is 13.1. The number of halogens is 1. The van der Waals surface area contributed by atoms with Crippen LogP contribution in [0.25, 0.3) is 11.1 Å². The van der Waals surface area contributed by atoms with E-state index < -0.39 is 21.9 Å². The van der Waals surface area contributed by atoms with Gasteiger partial charge in [0.25, 0.3) is 11.8 Å². The lowest BCUT2D eigenvalue weighted by Gasteiger charge is -2.25. The molecule has 1 aliphatic rings. The fourth-order valence-corrected chi connectivity index (χ4v) is 5.53. The number of hydroxylamine groups is 2. The Hall–Kier alpha value is -2.53. The van der Waals surface area contributed by atoms with Crippen LogP contribution < -0.4 is 0 Å². The summed E-state index contributed by atoms with van der Waals surface area (Å²) in [5, 5.41) is 12.6. The normalized spacial score (nSPS) is 16.7. The molecule has 10 heteroatoms. The van der Waals surface area contributed by atoms with Gasteiger partial charge in [-0.2, -0.15) is 5.06 Å². The Bertz CT molecular complexity index is 1250. The number of hydrogen-bond acceptors (Lipinski definition) is 6. The van der Waals surface area contributed by atoms with Gasteiger partial charge in [0.05, 0.1) is 9.77 Å². The van der Waals surface area contributed by atoms with Crippen LogP contribution in [0.15, 0.2) is 69.3 Å². The largest absolute Gasteiger partial charge is 0.302 e. The first-order valence-corrected chi connectivity index (χ1v) is 12.7. The highest BCUT2D eigenvalue weighted by molar-refractivity contribution is 9.10. The zero-order valence-electron chi connectivity index (χ0n) is 16.2. The minimum Gasteiger partial charge on any atom is -0.302 e. The Balaban J connectivity index is 1.58. The summed E-state index contributed by atoms with van der Waals surface area (Å²) >= 11 is 4.68. The van der Waals surface area contributed by atoms with Crippen LogP contribution in [0.3, 0.4) is 0 Å². The molecule has 160 valence electrons. The van der Waals surface area contributed by atoms with Gasteiger partial charge in [0, 0.05) is 21.7 Å². The lowest BCUT2D eigenvalue weighted by atomic mass is 10.0. The molecule has 31 heavy (non-hydrogen) atoms. The highest BCUT2D eigenvalue weighted by atomic mass is 79.9. The van der Waals surface area contributed by atoms with Crippen LogP contribution in [0.1, 0.15) is 21.4 Å². The monoisotopic (exact) mass is 520 g/mol. The van der Waals surface area contributed by atoms with Crippen molar-refractivity contribution >= 4 is 48.9 Å². The van der Waals surface area contributed by atoms with Crippen molar-refractivity contribution in [2.75, 3.05) is 12.8 Å². The number of nitrogens with zero attached hydrogens (tertiary/aromatic N) is 2. The van der Waals surface area contributed by atoms with Crippen molar-refractivity contribution in [1.29, 1.82) is 0 Å². The summed E-state index contributed by atoms with van der Waals surface area (Å²) in [6.07, 6.45) is 0.278. The van der Waals surface area contributed by atoms with Gasteiger partial charge >= 0.3 is 0 Å². The number of rotatable bonds is 4. The van der Waals surface area contributed by atoms with E-state index in [0.29, 0.717) is 15.5 Å². The van der Waals surface area contributed by atoms with E-state index in [1.54, 1.807) is 54.6 Å². The molecule has 0 saturated carbocycles. The first kappa shape index (κ1) is 21.7. The molecule has 1 aromatic heterocycles. The van der Waals surface area contributed by atoms with Crippen molar-refractivity contribution in [3.63, 3.8) is 0 Å². The van der Waals surface area contributed by atoms with Crippen LogP contribution in [-0.2, 0) is 14.6 Å². The number of amides is 2. The van der Waals surface area contributed by atoms with E-state index in [9.17, 15) is 23.2 Å². The molecule has 1 unspecified atom stereocenters. The molecule has 0 aliphatic carbocycles. The highest BCUT2D eigenvalue weighted by Crippen LogP contribution is 2.36. The van der Waals surface area contributed by atoms with Crippen molar-refractivity contribution < 1.29 is 23.2 Å². The van der Waals surface area contributed by atoms with Crippen LogP contribution in [-0.4, -0.2) is 48.2 Å². The fourth-order valence-electron chi connectivity index (χ4n) is 3.36. The molecular weight excluding hydrogens is 504 g/mol. The molecule has 2 aromatic carbocycles. The maximum Gasteiger partial charge on any atom is 0.267 e. The average molecular weight is 521 g/mol. The summed E-state index contributed by atoms with van der Waals surface area (Å²) in [4.78, 5) is 27.4. The molecule has 1 aliphatic heterocycles. The van der Waals surface area contributed by atoms with E-state index in [2.05, 4.69) is 15.9 Å². The van der Waals surface area contributed by atoms with Crippen LogP contribution in [0.4, 0.5) is 0 Å². The molecule has 0 bridgehead atoms. The fraction of sp³-hybridized carbons (Fsp3) is 0.143. The Morgan fingerprint density at radius 2 is 1.68 bits per heavy atom. The van der Waals surface area contributed by atoms with Crippen LogP contribution in [0, 0.1) is 0 Å². The van der Waals surface area contributed by atoms with Gasteiger partial charge in [-0.1, -0.05) is 24.3 Å². The van der Waals surface area contributed by atoms with Gasteiger partial charge < -0.3 is 4.90 Å². The van der Waals surface area contributed by atoms with Gasteiger partial charge in [0.15, 0.2) is 16.0 Å². The van der Waals surface area contributed by atoms with E-state index in [4.69, 9.17) is 0 Å². The topological polar surface area (TPSA) is 95.0 Å². The summed E-state index contributed by atoms with van der Waals surface area (Å²) in [5.41, 5.74) is 2.00. The standard InChI is InChI=1S/C21H17BrN2O5S2/c1-31(28,29)17-8-6-14(7-9-17)13-2-4-15(5-3-13)21(26)23-11-19(25)24(27)20(23)18-10-16(22)12-30-18/h2-10,12,20,27H,11H2,1H3. The third-order valence-electron chi connectivity index (χ3n) is 4.94. The molecule has 1 N–H and O–H groups in total. The van der Waals surface area contributed by atoms with Crippen LogP contribution >= 0.6 is 27.3 Å². The molecule has 3 aromatic rings. The molecule has 0 spiro atoms. The molecule has 1 atom stereocenters. The summed E-state index contributed by atoms with van der Waals surface area (Å²) in [7, 11) is -3.27. The first-order chi connectivity index (χ1) is 14.6. The number of carbonyl (C=O) groups is 2. The van der Waals surface area contributed by atoms with Gasteiger partial charge in [-0.05, 0) is 57.4 Å². The lowest BCUT2D eigenvalue weighted by Crippen LogP contribution is -2.33. The number of carbonyl (C=O) groups excluding carboxylic acids is 2. The minimum absolute atomic E-state index is 0.218. The Morgan fingerprint density at radius 3 is 2.19 bits per heavy atom. The number of thiophene rings is 1. The molecular formula is C21H17BrN2O5S2. The second-order valence-corrected chi connectivity index (χ2v) is 11.0. The predicted octanol–water partition coefficient (Wildman–Crippen LogP) is 3.95. The van der Waals surface area contributed by atoms with Crippen molar-refractivity contribution in [3.8, 4) is 11.1 Å². The Labute approximate surface area is 191 Å². The van der Waals surface area contributed by atoms with Crippen molar-refractivity contribution in [3.05, 3.63) is 74.9 Å². The predicted molar refractivity (Wildman–Crippen MR) is 119 cm³/mol. The molecule has 2 heterocycles. The second-order valence-electron chi connectivity index (χ2n) is 7.09. The van der Waals surface area contributed by atoms with Crippen molar-refractivity contribution in [1.82, 2.24) is 9.96 Å². The molecule has 4 rings (SSSR count). The van der Waals surface area contributed by atoms with Gasteiger partial charge in [0.2, 0.25) is 0 Å². The van der Waals surface area contributed by atoms with Crippen LogP contribution in [0.5, 0.6) is 0 Å². The highest BCUT2D eigenvalue weighted by Gasteiger charge is 2.42. The Morgan fingerprint density at radius 1 is 1.10 bits per heavy atom. The summed E-state index contributed by atoms with van der Waals surface area (Å²) in [6.45, 7) is -0.218. The Kier molecular flexibility index (Phi) is 5.73. The van der Waals surface area contributed by atoms with Gasteiger partial charge in [-0.15, -0.1) is 11.3 Å². The molecule has 1 fully saturated rings. The molecule has 1 saturated heterocycles. The van der Waals surface area contributed by atoms with E-state index in [1.807, 2.05) is 5.38 Å². The smallest absolute Gasteiger partial charge is 0.267 e. The molecule has 7 nitrogen and oxygen atoms in total. The van der Waals surface area contributed by atoms with Crippen molar-refractivity contribution in [2.24, 2.45) is 0 Å². The van der Waals surface area contributed by atoms with Gasteiger partial charge in [-0.3, -0.25) is 14.8 Å². The zero-order chi connectivity index (χ0) is 22.3. The third-order valence-corrected chi connectivity index (χ3v) is 7.80. The van der Waals surface area contributed by atoms with Crippen molar-refractivity contribution in [2.45, 2.75) is 11.1 Å². The quantitative estimate of drug-likeness (QED) is 0.525. The van der Waals surface area contributed by atoms with Gasteiger partial charge in [0.1, 0.15) is 6.54 Å². The van der Waals surface area contributed by atoms with E-state index in [-0.39, 0.29) is 17.3 Å². The third kappa shape index (κ3) is 4.29. The maximum absolute atomic E-state index is 13.1. The first-order valence-electron chi connectivity index (χ1n) is 9.11. The summed E-state index contributed by atoms with van der Waals surface area (Å²) in [6, 6.07) is 15.1. The van der Waals surface area contributed by atoms with Crippen LogP contribution in [0.2, 0.25) is 0 Å². The number of hydrogen-bond donors (Lipinski definition) is 1. The number of benzene rings is 2. The zero-order valence-corrected chi connectivity index (χ0v) is 19.4. The molecule has 2 amide bonds. The number of sulfone groups is 1. The lowest BCUT2D eigenvalue weighted by molar-refractivity contribution is -0.168. The second kappa shape index (κ2) is 8.19. The summed E-state index contributed by atoms with van der Waals surface area (Å²) in [5.74, 6) is -0.927. The average Bonchev–Trinajstić information content (AvgIpc) is 3.30. The minimum atomic E-state index is -3.27. The SMILES string of the molecule is CS(=O)(=O)c1ccc(-c2ccc(C(=O)N3CC(=O)N(O)C3c3cc(Br)cs3)cc2)cc1. The van der Waals surface area contributed by atoms with E-state index >= 15 is 0 Å². The molecule has 0 radical (unpaired) electrons. The van der Waals surface area contributed by atoms with E-state index in [1.165, 1.54) is 16.2 Å². The van der Waals surface area contributed by atoms with E-state index in [0.717, 1.165) is 21.9 Å². The van der Waals surface area contributed by atoms with Gasteiger partial charge in [-0.25, -0.2) is 8.42 Å². The summed E-state index contributed by atoms with van der Waals surface area (Å²) < 4.78 is 24.0.